The van der Waals surface area contributed by atoms with Crippen LogP contribution in [0.3, 0.4) is 0 Å². The quantitative estimate of drug-likeness (QED) is 0.286. The molecular formula is C24H26ClN3O5S3. The molecule has 1 aliphatic rings. The number of nitrogens with two attached hydrogens (primary N) is 1. The summed E-state index contributed by atoms with van der Waals surface area (Å²) >= 11 is 13.1. The Hall–Kier alpha value is -2.15. The highest BCUT2D eigenvalue weighted by Crippen LogP contribution is 2.42. The summed E-state index contributed by atoms with van der Waals surface area (Å²) in [7, 11) is -0.742. The number of thiocarbonyl (C=S) groups is 1. The molecule has 0 amide bonds. The molecule has 1 saturated carbocycles. The SMILES string of the molecule is COc1ccc(-c2nc(C3CCC(SC(=S)N(C)O)CC3)oc2-c2ccc(S(N)(=O)=O)cc2)cc1Cl. The van der Waals surface area contributed by atoms with Crippen molar-refractivity contribution in [3.63, 3.8) is 0 Å². The van der Waals surface area contributed by atoms with Crippen LogP contribution < -0.4 is 9.88 Å². The molecular weight excluding hydrogens is 542 g/mol. The summed E-state index contributed by atoms with van der Waals surface area (Å²) in [6.07, 6.45) is 3.55. The van der Waals surface area contributed by atoms with E-state index in [1.165, 1.54) is 30.9 Å². The van der Waals surface area contributed by atoms with Crippen LogP contribution in [0.15, 0.2) is 51.8 Å². The molecule has 0 spiro atoms. The molecule has 0 saturated heterocycles. The predicted octanol–water partition coefficient (Wildman–Crippen LogP) is 5.68. The van der Waals surface area contributed by atoms with E-state index in [2.05, 4.69) is 0 Å². The summed E-state index contributed by atoms with van der Waals surface area (Å²) in [5.41, 5.74) is 2.03. The highest BCUT2D eigenvalue weighted by molar-refractivity contribution is 8.23. The Bertz CT molecular complexity index is 1350. The van der Waals surface area contributed by atoms with E-state index in [1.807, 2.05) is 6.07 Å². The van der Waals surface area contributed by atoms with Gasteiger partial charge < -0.3 is 9.15 Å². The van der Waals surface area contributed by atoms with Crippen molar-refractivity contribution in [2.24, 2.45) is 5.14 Å². The molecule has 3 N–H and O–H groups in total. The van der Waals surface area contributed by atoms with E-state index in [9.17, 15) is 13.6 Å². The molecule has 36 heavy (non-hydrogen) atoms. The Balaban J connectivity index is 1.66. The third kappa shape index (κ3) is 6.04. The number of methoxy groups -OCH3 is 1. The van der Waals surface area contributed by atoms with Gasteiger partial charge in [0, 0.05) is 29.3 Å². The van der Waals surface area contributed by atoms with Crippen LogP contribution in [0, 0.1) is 0 Å². The second-order valence-electron chi connectivity index (χ2n) is 8.53. The summed E-state index contributed by atoms with van der Waals surface area (Å²) in [4.78, 5) is 4.89. The van der Waals surface area contributed by atoms with Gasteiger partial charge in [-0.3, -0.25) is 5.21 Å². The third-order valence-electron chi connectivity index (χ3n) is 6.07. The number of thioether (sulfide) groups is 1. The number of ether oxygens (including phenoxy) is 1. The fourth-order valence-corrected chi connectivity index (χ4v) is 6.29. The Morgan fingerprint density at radius 3 is 2.39 bits per heavy atom. The van der Waals surface area contributed by atoms with Crippen LogP contribution >= 0.6 is 35.6 Å². The van der Waals surface area contributed by atoms with Gasteiger partial charge >= 0.3 is 0 Å². The Kier molecular flexibility index (Phi) is 8.28. The number of sulfonamides is 1. The molecule has 192 valence electrons. The van der Waals surface area contributed by atoms with E-state index in [0.29, 0.717) is 43.3 Å². The zero-order chi connectivity index (χ0) is 26.0. The number of nitrogens with zero attached hydrogens (tertiary/aromatic N) is 2. The first kappa shape index (κ1) is 26.9. The van der Waals surface area contributed by atoms with Crippen LogP contribution in [-0.4, -0.2) is 47.4 Å². The molecule has 0 radical (unpaired) electrons. The van der Waals surface area contributed by atoms with Crippen molar-refractivity contribution < 1.29 is 22.8 Å². The van der Waals surface area contributed by atoms with Crippen LogP contribution in [0.25, 0.3) is 22.6 Å². The van der Waals surface area contributed by atoms with Gasteiger partial charge in [-0.1, -0.05) is 35.6 Å². The highest BCUT2D eigenvalue weighted by Gasteiger charge is 2.29. The van der Waals surface area contributed by atoms with Crippen molar-refractivity contribution in [2.75, 3.05) is 14.2 Å². The smallest absolute Gasteiger partial charge is 0.238 e. The molecule has 1 fully saturated rings. The molecule has 0 aliphatic heterocycles. The Labute approximate surface area is 224 Å². The fraction of sp³-hybridized carbons (Fsp3) is 0.333. The Morgan fingerprint density at radius 1 is 1.19 bits per heavy atom. The first-order valence-electron chi connectivity index (χ1n) is 11.2. The molecule has 2 aromatic carbocycles. The van der Waals surface area contributed by atoms with Gasteiger partial charge in [-0.25, -0.2) is 23.6 Å². The van der Waals surface area contributed by atoms with Crippen molar-refractivity contribution in [3.8, 4) is 28.3 Å². The van der Waals surface area contributed by atoms with Gasteiger partial charge in [-0.15, -0.1) is 0 Å². The molecule has 3 aromatic rings. The molecule has 1 aliphatic carbocycles. The Morgan fingerprint density at radius 2 is 1.83 bits per heavy atom. The lowest BCUT2D eigenvalue weighted by molar-refractivity contribution is 0.0204. The van der Waals surface area contributed by atoms with E-state index >= 15 is 0 Å². The second kappa shape index (κ2) is 11.1. The van der Waals surface area contributed by atoms with Crippen molar-refractivity contribution >= 4 is 49.9 Å². The molecule has 0 unspecified atom stereocenters. The lowest BCUT2D eigenvalue weighted by atomic mass is 9.89. The van der Waals surface area contributed by atoms with Crippen molar-refractivity contribution in [3.05, 3.63) is 53.4 Å². The minimum atomic E-state index is -3.82. The summed E-state index contributed by atoms with van der Waals surface area (Å²) in [5.74, 6) is 1.80. The van der Waals surface area contributed by atoms with Gasteiger partial charge in [0.05, 0.1) is 17.0 Å². The van der Waals surface area contributed by atoms with Gasteiger partial charge in [0.15, 0.2) is 16.0 Å². The molecule has 8 nitrogen and oxygen atoms in total. The number of hydrogen-bond acceptors (Lipinski definition) is 8. The standard InChI is InChI=1S/C24H26ClN3O5S3/c1-28(29)24(34)35-17-8-3-15(4-9-17)23-27-21(16-7-12-20(32-2)19(25)13-16)22(33-23)14-5-10-18(11-6-14)36(26,30)31/h5-7,10-13,15,17,29H,3-4,8-9H2,1-2H3,(H2,26,30,31). The van der Waals surface area contributed by atoms with Gasteiger partial charge in [-0.05, 0) is 68.1 Å². The predicted molar refractivity (Wildman–Crippen MR) is 145 cm³/mol. The van der Waals surface area contributed by atoms with E-state index in [0.717, 1.165) is 36.3 Å². The third-order valence-corrected chi connectivity index (χ3v) is 9.12. The van der Waals surface area contributed by atoms with E-state index < -0.39 is 10.0 Å². The van der Waals surface area contributed by atoms with Crippen LogP contribution in [0.1, 0.15) is 37.5 Å². The summed E-state index contributed by atoms with van der Waals surface area (Å²) in [5, 5.41) is 16.5. The monoisotopic (exact) mass is 567 g/mol. The maximum absolute atomic E-state index is 11.7. The van der Waals surface area contributed by atoms with Crippen LogP contribution in [0.2, 0.25) is 5.02 Å². The first-order valence-corrected chi connectivity index (χ1v) is 14.4. The maximum atomic E-state index is 11.7. The fourth-order valence-electron chi connectivity index (χ4n) is 4.16. The topological polar surface area (TPSA) is 119 Å². The lowest BCUT2D eigenvalue weighted by Crippen LogP contribution is -2.23. The zero-order valence-corrected chi connectivity index (χ0v) is 22.9. The summed E-state index contributed by atoms with van der Waals surface area (Å²) in [6, 6.07) is 11.6. The number of hydrogen-bond donors (Lipinski definition) is 2. The minimum absolute atomic E-state index is 0.0160. The molecule has 0 bridgehead atoms. The number of oxazole rings is 1. The number of primary sulfonamides is 1. The van der Waals surface area contributed by atoms with Crippen molar-refractivity contribution in [2.45, 2.75) is 41.7 Å². The van der Waals surface area contributed by atoms with E-state index in [1.54, 1.807) is 31.4 Å². The van der Waals surface area contributed by atoms with E-state index in [4.69, 9.17) is 43.1 Å². The summed E-state index contributed by atoms with van der Waals surface area (Å²) < 4.78 is 35.5. The largest absolute Gasteiger partial charge is 0.495 e. The average molecular weight is 568 g/mol. The van der Waals surface area contributed by atoms with Crippen LogP contribution in [0.5, 0.6) is 5.75 Å². The van der Waals surface area contributed by atoms with Gasteiger partial charge in [0.1, 0.15) is 11.4 Å². The highest BCUT2D eigenvalue weighted by atomic mass is 35.5. The van der Waals surface area contributed by atoms with Crippen LogP contribution in [0.4, 0.5) is 0 Å². The second-order valence-corrected chi connectivity index (χ2v) is 12.4. The van der Waals surface area contributed by atoms with E-state index in [-0.39, 0.29) is 10.8 Å². The maximum Gasteiger partial charge on any atom is 0.238 e. The molecule has 12 heteroatoms. The number of aromatic nitrogens is 1. The lowest BCUT2D eigenvalue weighted by Gasteiger charge is -2.27. The van der Waals surface area contributed by atoms with Crippen molar-refractivity contribution in [1.29, 1.82) is 0 Å². The zero-order valence-electron chi connectivity index (χ0n) is 19.7. The molecule has 0 atom stereocenters. The normalized spacial score (nSPS) is 18.1. The number of rotatable bonds is 6. The van der Waals surface area contributed by atoms with Gasteiger partial charge in [0.2, 0.25) is 10.0 Å². The van der Waals surface area contributed by atoms with Crippen LogP contribution in [-0.2, 0) is 10.0 Å². The first-order chi connectivity index (χ1) is 17.1. The van der Waals surface area contributed by atoms with Crippen molar-refractivity contribution in [1.82, 2.24) is 10.0 Å². The number of halogens is 1. The number of hydroxylamine groups is 2. The molecule has 4 rings (SSSR count). The molecule has 1 aromatic heterocycles. The summed E-state index contributed by atoms with van der Waals surface area (Å²) in [6.45, 7) is 0. The minimum Gasteiger partial charge on any atom is -0.495 e. The number of benzene rings is 2. The van der Waals surface area contributed by atoms with Gasteiger partial charge in [-0.2, -0.15) is 0 Å². The average Bonchev–Trinajstić information content (AvgIpc) is 3.29. The van der Waals surface area contributed by atoms with Gasteiger partial charge in [0.25, 0.3) is 0 Å². The molecule has 1 heterocycles.